The Morgan fingerprint density at radius 2 is 2.17 bits per heavy atom. The van der Waals surface area contributed by atoms with E-state index in [1.54, 1.807) is 13.2 Å². The molecule has 1 amide bonds. The number of pyridine rings is 1. The molecule has 1 aliphatic heterocycles. The zero-order chi connectivity index (χ0) is 13.0. The molecule has 0 unspecified atom stereocenters. The summed E-state index contributed by atoms with van der Waals surface area (Å²) in [5.74, 6) is -0.145. The number of ether oxygens (including phenoxy) is 1. The monoisotopic (exact) mass is 250 g/mol. The molecule has 6 heteroatoms. The maximum atomic E-state index is 12.1. The molecular formula is C12H18N4O2. The summed E-state index contributed by atoms with van der Waals surface area (Å²) in [5.41, 5.74) is 5.08. The zero-order valence-corrected chi connectivity index (χ0v) is 10.7. The van der Waals surface area contributed by atoms with Gasteiger partial charge in [-0.05, 0) is 13.0 Å². The van der Waals surface area contributed by atoms with Crippen LogP contribution in [-0.4, -0.2) is 49.3 Å². The van der Waals surface area contributed by atoms with Gasteiger partial charge >= 0.3 is 0 Å². The number of aromatic nitrogens is 1. The van der Waals surface area contributed by atoms with E-state index in [0.29, 0.717) is 31.9 Å². The molecule has 1 aromatic rings. The molecule has 1 aliphatic rings. The molecule has 0 bridgehead atoms. The van der Waals surface area contributed by atoms with Crippen LogP contribution in [0.25, 0.3) is 0 Å². The number of amides is 1. The summed E-state index contributed by atoms with van der Waals surface area (Å²) in [5, 5.41) is 4.88. The van der Waals surface area contributed by atoms with Gasteiger partial charge in [-0.15, -0.1) is 0 Å². The third-order valence-corrected chi connectivity index (χ3v) is 2.83. The standard InChI is InChI=1S/C12H18N4O2/c1-9-7-11(13-2)10(8-14-9)12(17)15-16-3-5-18-6-4-16/h7-8H,3-6H2,1-2H3,(H,13,14)(H,15,17). The molecule has 6 nitrogen and oxygen atoms in total. The topological polar surface area (TPSA) is 66.5 Å². The second kappa shape index (κ2) is 5.79. The highest BCUT2D eigenvalue weighted by Crippen LogP contribution is 2.14. The van der Waals surface area contributed by atoms with Crippen LogP contribution in [0.1, 0.15) is 16.1 Å². The molecule has 0 spiro atoms. The van der Waals surface area contributed by atoms with Gasteiger partial charge in [0.25, 0.3) is 5.91 Å². The first-order valence-electron chi connectivity index (χ1n) is 5.99. The molecule has 1 saturated heterocycles. The van der Waals surface area contributed by atoms with Crippen molar-refractivity contribution in [1.82, 2.24) is 15.4 Å². The van der Waals surface area contributed by atoms with Crippen LogP contribution in [0, 0.1) is 6.92 Å². The number of carbonyl (C=O) groups is 1. The van der Waals surface area contributed by atoms with E-state index in [1.165, 1.54) is 0 Å². The van der Waals surface area contributed by atoms with Crippen molar-refractivity contribution < 1.29 is 9.53 Å². The van der Waals surface area contributed by atoms with Crippen LogP contribution in [0.2, 0.25) is 0 Å². The van der Waals surface area contributed by atoms with Crippen LogP contribution < -0.4 is 10.7 Å². The van der Waals surface area contributed by atoms with Crippen molar-refractivity contribution in [3.8, 4) is 0 Å². The lowest BCUT2D eigenvalue weighted by molar-refractivity contribution is 0.0126. The van der Waals surface area contributed by atoms with Crippen molar-refractivity contribution in [3.63, 3.8) is 0 Å². The summed E-state index contributed by atoms with van der Waals surface area (Å²) < 4.78 is 5.23. The smallest absolute Gasteiger partial charge is 0.269 e. The van der Waals surface area contributed by atoms with Crippen LogP contribution in [0.3, 0.4) is 0 Å². The van der Waals surface area contributed by atoms with Crippen LogP contribution in [0.4, 0.5) is 5.69 Å². The molecule has 0 saturated carbocycles. The molecule has 0 aliphatic carbocycles. The third-order valence-electron chi connectivity index (χ3n) is 2.83. The van der Waals surface area contributed by atoms with Gasteiger partial charge in [0.2, 0.25) is 0 Å². The van der Waals surface area contributed by atoms with E-state index < -0.39 is 0 Å². The van der Waals surface area contributed by atoms with E-state index >= 15 is 0 Å². The Hall–Kier alpha value is -1.66. The van der Waals surface area contributed by atoms with Gasteiger partial charge in [-0.25, -0.2) is 5.01 Å². The van der Waals surface area contributed by atoms with Gasteiger partial charge < -0.3 is 10.1 Å². The largest absolute Gasteiger partial charge is 0.387 e. The number of nitrogens with one attached hydrogen (secondary N) is 2. The Morgan fingerprint density at radius 1 is 1.44 bits per heavy atom. The van der Waals surface area contributed by atoms with Crippen molar-refractivity contribution in [2.75, 3.05) is 38.7 Å². The first-order chi connectivity index (χ1) is 8.70. The average Bonchev–Trinajstić information content (AvgIpc) is 2.39. The first-order valence-corrected chi connectivity index (χ1v) is 5.99. The number of anilines is 1. The quantitative estimate of drug-likeness (QED) is 0.813. The number of aryl methyl sites for hydroxylation is 1. The summed E-state index contributed by atoms with van der Waals surface area (Å²) in [6, 6.07) is 1.86. The van der Waals surface area contributed by atoms with E-state index in [2.05, 4.69) is 15.7 Å². The minimum absolute atomic E-state index is 0.145. The average molecular weight is 250 g/mol. The van der Waals surface area contributed by atoms with E-state index in [9.17, 15) is 4.79 Å². The predicted molar refractivity (Wildman–Crippen MR) is 68.4 cm³/mol. The molecule has 98 valence electrons. The lowest BCUT2D eigenvalue weighted by Gasteiger charge is -2.27. The normalized spacial score (nSPS) is 16.3. The van der Waals surface area contributed by atoms with Crippen LogP contribution in [0.15, 0.2) is 12.3 Å². The molecule has 18 heavy (non-hydrogen) atoms. The fourth-order valence-corrected chi connectivity index (χ4v) is 1.83. The number of morpholine rings is 1. The Balaban J connectivity index is 2.08. The summed E-state index contributed by atoms with van der Waals surface area (Å²) in [4.78, 5) is 16.3. The molecule has 0 radical (unpaired) electrons. The van der Waals surface area contributed by atoms with Crippen molar-refractivity contribution in [1.29, 1.82) is 0 Å². The summed E-state index contributed by atoms with van der Waals surface area (Å²) in [7, 11) is 1.79. The van der Waals surface area contributed by atoms with Crippen molar-refractivity contribution >= 4 is 11.6 Å². The summed E-state index contributed by atoms with van der Waals surface area (Å²) in [6.45, 7) is 4.60. The molecule has 0 aromatic carbocycles. The number of nitrogens with zero attached hydrogens (tertiary/aromatic N) is 2. The number of hydrazine groups is 1. The molecule has 2 rings (SSSR count). The van der Waals surface area contributed by atoms with Gasteiger partial charge in [-0.1, -0.05) is 0 Å². The second-order valence-electron chi connectivity index (χ2n) is 4.16. The van der Waals surface area contributed by atoms with Gasteiger partial charge in [0.1, 0.15) is 0 Å². The molecular weight excluding hydrogens is 232 g/mol. The predicted octanol–water partition coefficient (Wildman–Crippen LogP) is 0.409. The van der Waals surface area contributed by atoms with Crippen molar-refractivity contribution in [2.45, 2.75) is 6.92 Å². The summed E-state index contributed by atoms with van der Waals surface area (Å²) in [6.07, 6.45) is 1.59. The van der Waals surface area contributed by atoms with E-state index in [-0.39, 0.29) is 5.91 Å². The van der Waals surface area contributed by atoms with Gasteiger partial charge in [0.05, 0.1) is 24.5 Å². The SMILES string of the molecule is CNc1cc(C)ncc1C(=O)NN1CCOCC1. The molecule has 2 N–H and O–H groups in total. The Labute approximate surface area is 106 Å². The number of carbonyl (C=O) groups excluding carboxylic acids is 1. The Kier molecular flexibility index (Phi) is 4.11. The van der Waals surface area contributed by atoms with Gasteiger partial charge in [0.15, 0.2) is 0 Å². The Bertz CT molecular complexity index is 430. The van der Waals surface area contributed by atoms with Gasteiger partial charge in [-0.2, -0.15) is 0 Å². The first kappa shape index (κ1) is 12.8. The molecule has 1 aromatic heterocycles. The maximum absolute atomic E-state index is 12.1. The van der Waals surface area contributed by atoms with E-state index in [4.69, 9.17) is 4.74 Å². The third kappa shape index (κ3) is 2.96. The fraction of sp³-hybridized carbons (Fsp3) is 0.500. The van der Waals surface area contributed by atoms with Crippen LogP contribution >= 0.6 is 0 Å². The lowest BCUT2D eigenvalue weighted by Crippen LogP contribution is -2.48. The van der Waals surface area contributed by atoms with Crippen LogP contribution in [-0.2, 0) is 4.74 Å². The molecule has 0 atom stereocenters. The molecule has 2 heterocycles. The summed E-state index contributed by atoms with van der Waals surface area (Å²) >= 11 is 0. The lowest BCUT2D eigenvalue weighted by atomic mass is 10.2. The highest BCUT2D eigenvalue weighted by atomic mass is 16.5. The van der Waals surface area contributed by atoms with Gasteiger partial charge in [-0.3, -0.25) is 15.2 Å². The van der Waals surface area contributed by atoms with Crippen molar-refractivity contribution in [3.05, 3.63) is 23.5 Å². The van der Waals surface area contributed by atoms with E-state index in [1.807, 2.05) is 18.0 Å². The zero-order valence-electron chi connectivity index (χ0n) is 10.7. The fourth-order valence-electron chi connectivity index (χ4n) is 1.83. The van der Waals surface area contributed by atoms with E-state index in [0.717, 1.165) is 11.4 Å². The van der Waals surface area contributed by atoms with Crippen molar-refractivity contribution in [2.24, 2.45) is 0 Å². The Morgan fingerprint density at radius 3 is 2.83 bits per heavy atom. The number of hydrogen-bond donors (Lipinski definition) is 2. The highest BCUT2D eigenvalue weighted by molar-refractivity contribution is 5.99. The number of hydrogen-bond acceptors (Lipinski definition) is 5. The molecule has 1 fully saturated rings. The van der Waals surface area contributed by atoms with Crippen LogP contribution in [0.5, 0.6) is 0 Å². The van der Waals surface area contributed by atoms with Gasteiger partial charge in [0, 0.05) is 32.0 Å². The minimum Gasteiger partial charge on any atom is -0.387 e. The number of rotatable bonds is 3. The maximum Gasteiger partial charge on any atom is 0.269 e. The highest BCUT2D eigenvalue weighted by Gasteiger charge is 2.16. The second-order valence-corrected chi connectivity index (χ2v) is 4.16. The minimum atomic E-state index is -0.145.